The molecule has 0 bridgehead atoms. The minimum atomic E-state index is -0.915. The first-order valence-corrected chi connectivity index (χ1v) is 11.7. The first kappa shape index (κ1) is 21.3. The van der Waals surface area contributed by atoms with Gasteiger partial charge in [-0.3, -0.25) is 19.4 Å². The van der Waals surface area contributed by atoms with Crippen LogP contribution < -0.4 is 10.2 Å². The van der Waals surface area contributed by atoms with Crippen LogP contribution in [0.3, 0.4) is 0 Å². The number of carbonyl (C=O) groups is 3. The molecule has 7 heteroatoms. The van der Waals surface area contributed by atoms with E-state index in [0.717, 1.165) is 22.3 Å². The van der Waals surface area contributed by atoms with E-state index >= 15 is 0 Å². The Morgan fingerprint density at radius 2 is 1.60 bits per heavy atom. The van der Waals surface area contributed by atoms with E-state index in [9.17, 15) is 14.4 Å². The minimum absolute atomic E-state index is 0.288. The van der Waals surface area contributed by atoms with E-state index in [1.54, 1.807) is 23.4 Å². The molecule has 0 saturated carbocycles. The van der Waals surface area contributed by atoms with Gasteiger partial charge in [-0.05, 0) is 48.7 Å². The highest BCUT2D eigenvalue weighted by Gasteiger charge is 2.65. The lowest BCUT2D eigenvalue weighted by Crippen LogP contribution is -2.46. The van der Waals surface area contributed by atoms with Crippen LogP contribution in [0.1, 0.15) is 28.3 Å². The number of para-hydroxylation sites is 1. The summed E-state index contributed by atoms with van der Waals surface area (Å²) in [4.78, 5) is 42.7. The number of benzene rings is 3. The highest BCUT2D eigenvalue weighted by Crippen LogP contribution is 2.52. The maximum absolute atomic E-state index is 13.9. The van der Waals surface area contributed by atoms with Crippen molar-refractivity contribution in [2.24, 2.45) is 16.9 Å². The first-order chi connectivity index (χ1) is 17.0. The monoisotopic (exact) mass is 464 g/mol. The predicted octanol–water partition coefficient (Wildman–Crippen LogP) is 3.82. The second-order valence-electron chi connectivity index (χ2n) is 9.35. The molecule has 0 aromatic heterocycles. The molecule has 7 nitrogen and oxygen atoms in total. The number of nitrogens with zero attached hydrogens (tertiary/aromatic N) is 3. The Morgan fingerprint density at radius 1 is 0.886 bits per heavy atom. The molecule has 0 unspecified atom stereocenters. The molecule has 174 valence electrons. The topological polar surface area (TPSA) is 82.1 Å². The van der Waals surface area contributed by atoms with E-state index in [1.165, 1.54) is 4.90 Å². The van der Waals surface area contributed by atoms with Gasteiger partial charge in [0.15, 0.2) is 0 Å². The molecule has 2 saturated heterocycles. The van der Waals surface area contributed by atoms with E-state index in [2.05, 4.69) is 10.4 Å². The van der Waals surface area contributed by atoms with Crippen LogP contribution in [0.5, 0.6) is 0 Å². The lowest BCUT2D eigenvalue weighted by molar-refractivity contribution is -0.129. The summed E-state index contributed by atoms with van der Waals surface area (Å²) < 4.78 is 0. The number of hydrogen-bond acceptors (Lipinski definition) is 5. The number of imide groups is 1. The maximum Gasteiger partial charge on any atom is 0.249 e. The Morgan fingerprint density at radius 3 is 2.37 bits per heavy atom. The number of anilines is 2. The summed E-state index contributed by atoms with van der Waals surface area (Å²) in [7, 11) is 0. The third-order valence-corrected chi connectivity index (χ3v) is 7.20. The van der Waals surface area contributed by atoms with Gasteiger partial charge in [-0.25, -0.2) is 4.90 Å². The number of carbonyl (C=O) groups excluding carboxylic acids is 3. The van der Waals surface area contributed by atoms with Crippen molar-refractivity contribution in [3.63, 3.8) is 0 Å². The zero-order chi connectivity index (χ0) is 24.3. The Bertz CT molecular complexity index is 1400. The fourth-order valence-electron chi connectivity index (χ4n) is 5.70. The van der Waals surface area contributed by atoms with Crippen LogP contribution in [-0.4, -0.2) is 35.0 Å². The summed E-state index contributed by atoms with van der Waals surface area (Å²) in [5.41, 5.74) is 4.88. The van der Waals surface area contributed by atoms with Crippen LogP contribution in [0.2, 0.25) is 0 Å². The molecule has 4 atom stereocenters. The molecule has 35 heavy (non-hydrogen) atoms. The van der Waals surface area contributed by atoms with Gasteiger partial charge in [0.25, 0.3) is 0 Å². The first-order valence-electron chi connectivity index (χ1n) is 11.7. The molecular weight excluding hydrogens is 440 g/mol. The van der Waals surface area contributed by atoms with Crippen molar-refractivity contribution < 1.29 is 14.4 Å². The van der Waals surface area contributed by atoms with E-state index in [1.807, 2.05) is 74.5 Å². The Labute approximate surface area is 203 Å². The van der Waals surface area contributed by atoms with Crippen LogP contribution in [0.15, 0.2) is 77.9 Å². The van der Waals surface area contributed by atoms with Crippen molar-refractivity contribution in [1.82, 2.24) is 5.01 Å². The number of nitrogens with one attached hydrogen (secondary N) is 1. The molecule has 0 aliphatic carbocycles. The fourth-order valence-corrected chi connectivity index (χ4v) is 5.70. The average Bonchev–Trinajstić information content (AvgIpc) is 3.33. The van der Waals surface area contributed by atoms with Crippen molar-refractivity contribution in [3.8, 4) is 0 Å². The second kappa shape index (κ2) is 7.91. The van der Waals surface area contributed by atoms with E-state index < -0.39 is 23.9 Å². The van der Waals surface area contributed by atoms with Gasteiger partial charge in [0, 0.05) is 5.69 Å². The number of amides is 3. The number of aryl methyl sites for hydroxylation is 2. The van der Waals surface area contributed by atoms with Crippen molar-refractivity contribution in [2.75, 3.05) is 10.2 Å². The molecular formula is C28H24N4O3. The van der Waals surface area contributed by atoms with Gasteiger partial charge in [0.05, 0.1) is 29.8 Å². The van der Waals surface area contributed by atoms with Crippen molar-refractivity contribution in [3.05, 3.63) is 95.1 Å². The van der Waals surface area contributed by atoms with Crippen molar-refractivity contribution in [1.29, 1.82) is 0 Å². The third kappa shape index (κ3) is 3.19. The summed E-state index contributed by atoms with van der Waals surface area (Å²) in [5.74, 6) is -2.56. The number of rotatable bonds is 3. The van der Waals surface area contributed by atoms with E-state index in [0.29, 0.717) is 11.4 Å². The number of hydrazone groups is 1. The molecule has 2 fully saturated rings. The molecule has 0 radical (unpaired) electrons. The lowest BCUT2D eigenvalue weighted by Gasteiger charge is -2.33. The molecule has 3 aromatic rings. The molecule has 0 spiro atoms. The normalized spacial score (nSPS) is 24.3. The molecule has 6 rings (SSSR count). The van der Waals surface area contributed by atoms with E-state index in [4.69, 9.17) is 0 Å². The fraction of sp³-hybridized carbons (Fsp3) is 0.214. The Hall–Kier alpha value is -4.26. The minimum Gasteiger partial charge on any atom is -0.324 e. The SMILES string of the molecule is Cc1ccc(N2C(=O)[C@@H]3[C@H](C2=O)[C@@H]2c4ccccc4C=NN2[C@H]3C(=O)Nc2ccccc2)c(C)c1. The lowest BCUT2D eigenvalue weighted by atomic mass is 9.85. The van der Waals surface area contributed by atoms with Crippen molar-refractivity contribution in [2.45, 2.75) is 25.9 Å². The van der Waals surface area contributed by atoms with Gasteiger partial charge in [0.2, 0.25) is 17.7 Å². The van der Waals surface area contributed by atoms with Gasteiger partial charge < -0.3 is 5.32 Å². The van der Waals surface area contributed by atoms with Crippen LogP contribution in [0.25, 0.3) is 0 Å². The average molecular weight is 465 g/mol. The van der Waals surface area contributed by atoms with Crippen LogP contribution in [0.4, 0.5) is 11.4 Å². The highest BCUT2D eigenvalue weighted by atomic mass is 16.2. The summed E-state index contributed by atoms with van der Waals surface area (Å²) in [6.07, 6.45) is 1.70. The Balaban J connectivity index is 1.46. The van der Waals surface area contributed by atoms with Gasteiger partial charge in [-0.1, -0.05) is 60.2 Å². The molecule has 3 aliphatic rings. The standard InChI is InChI=1S/C28H24N4O3/c1-16-12-13-21(17(2)14-16)31-27(34)22-23(28(31)35)25(26(33)30-19-9-4-3-5-10-19)32-24(22)20-11-7-6-8-18(20)15-29-32/h3-15,22-25H,1-2H3,(H,30,33)/t22-,23+,24-,25+/m0/s1. The smallest absolute Gasteiger partial charge is 0.249 e. The Kier molecular flexibility index (Phi) is 4.81. The highest BCUT2D eigenvalue weighted by molar-refractivity contribution is 6.24. The maximum atomic E-state index is 13.9. The summed E-state index contributed by atoms with van der Waals surface area (Å²) in [6, 6.07) is 21.1. The van der Waals surface area contributed by atoms with Crippen LogP contribution in [0, 0.1) is 25.7 Å². The number of hydrogen-bond donors (Lipinski definition) is 1. The molecule has 1 N–H and O–H groups in total. The zero-order valence-electron chi connectivity index (χ0n) is 19.4. The zero-order valence-corrected chi connectivity index (χ0v) is 19.4. The molecule has 3 heterocycles. The molecule has 3 aliphatic heterocycles. The summed E-state index contributed by atoms with van der Waals surface area (Å²) >= 11 is 0. The van der Waals surface area contributed by atoms with Gasteiger partial charge in [0.1, 0.15) is 6.04 Å². The van der Waals surface area contributed by atoms with Crippen LogP contribution in [-0.2, 0) is 14.4 Å². The van der Waals surface area contributed by atoms with Gasteiger partial charge in [-0.15, -0.1) is 0 Å². The summed E-state index contributed by atoms with van der Waals surface area (Å²) in [5, 5.41) is 9.16. The number of fused-ring (bicyclic) bond motifs is 5. The molecule has 3 aromatic carbocycles. The van der Waals surface area contributed by atoms with Gasteiger partial charge in [-0.2, -0.15) is 5.10 Å². The summed E-state index contributed by atoms with van der Waals surface area (Å²) in [6.45, 7) is 3.86. The predicted molar refractivity (Wildman–Crippen MR) is 133 cm³/mol. The largest absolute Gasteiger partial charge is 0.324 e. The third-order valence-electron chi connectivity index (χ3n) is 7.20. The second-order valence-corrected chi connectivity index (χ2v) is 9.35. The van der Waals surface area contributed by atoms with Crippen molar-refractivity contribution >= 4 is 35.3 Å². The van der Waals surface area contributed by atoms with Gasteiger partial charge >= 0.3 is 0 Å². The van der Waals surface area contributed by atoms with Crippen LogP contribution >= 0.6 is 0 Å². The van der Waals surface area contributed by atoms with E-state index in [-0.39, 0.29) is 17.7 Å². The quantitative estimate of drug-likeness (QED) is 0.598. The molecule has 3 amide bonds.